The van der Waals surface area contributed by atoms with E-state index in [1.54, 1.807) is 6.92 Å². The van der Waals surface area contributed by atoms with Crippen molar-refractivity contribution in [2.24, 2.45) is 0 Å². The fraction of sp³-hybridized carbons (Fsp3) is 0.500. The highest BCUT2D eigenvalue weighted by atomic mass is 16.3. The smallest absolute Gasteiger partial charge is 0.0797 e. The molecule has 7 heavy (non-hydrogen) atoms. The summed E-state index contributed by atoms with van der Waals surface area (Å²) in [5.74, 6) is 0. The molecule has 41 valence electrons. The van der Waals surface area contributed by atoms with Crippen LogP contribution >= 0.6 is 0 Å². The Balaban J connectivity index is 3.58. The lowest BCUT2D eigenvalue weighted by atomic mass is 10.1. The summed E-state index contributed by atoms with van der Waals surface area (Å²) in [5.41, 5.74) is -0.764. The van der Waals surface area contributed by atoms with Gasteiger partial charge in [0.05, 0.1) is 5.60 Å². The van der Waals surface area contributed by atoms with Crippen molar-refractivity contribution >= 4 is 0 Å². The van der Waals surface area contributed by atoms with Gasteiger partial charge in [0.2, 0.25) is 0 Å². The van der Waals surface area contributed by atoms with Crippen molar-refractivity contribution < 1.29 is 5.11 Å². The first-order valence-corrected chi connectivity index (χ1v) is 2.27. The Kier molecular flexibility index (Phi) is 2.03. The second-order valence-electron chi connectivity index (χ2n) is 1.81. The molecule has 1 unspecified atom stereocenters. The molecule has 0 saturated heterocycles. The van der Waals surface area contributed by atoms with Crippen molar-refractivity contribution in [3.05, 3.63) is 19.6 Å². The fourth-order valence-electron chi connectivity index (χ4n) is 0.102. The van der Waals surface area contributed by atoms with Crippen LogP contribution in [0.15, 0.2) is 12.7 Å². The summed E-state index contributed by atoms with van der Waals surface area (Å²) >= 11 is 0. The molecule has 0 aromatic rings. The lowest BCUT2D eigenvalue weighted by Crippen LogP contribution is -2.17. The van der Waals surface area contributed by atoms with Crippen molar-refractivity contribution in [3.63, 3.8) is 0 Å². The minimum atomic E-state index is -0.764. The van der Waals surface area contributed by atoms with Crippen LogP contribution in [0.1, 0.15) is 13.3 Å². The van der Waals surface area contributed by atoms with Crippen LogP contribution in [0.25, 0.3) is 0 Å². The fourth-order valence-corrected chi connectivity index (χ4v) is 0.102. The van der Waals surface area contributed by atoms with E-state index in [0.717, 1.165) is 0 Å². The molecule has 0 fully saturated rings. The van der Waals surface area contributed by atoms with Crippen LogP contribution in [0.5, 0.6) is 0 Å². The molecule has 1 N–H and O–H groups in total. The van der Waals surface area contributed by atoms with Crippen LogP contribution in [0.4, 0.5) is 0 Å². The number of hydrogen-bond donors (Lipinski definition) is 1. The third-order valence-electron chi connectivity index (χ3n) is 0.946. The summed E-state index contributed by atoms with van der Waals surface area (Å²) in [6.45, 7) is 8.59. The van der Waals surface area contributed by atoms with E-state index in [1.807, 2.05) is 0 Å². The van der Waals surface area contributed by atoms with Gasteiger partial charge in [0.15, 0.2) is 0 Å². The summed E-state index contributed by atoms with van der Waals surface area (Å²) < 4.78 is 0. The van der Waals surface area contributed by atoms with E-state index >= 15 is 0 Å². The topological polar surface area (TPSA) is 20.2 Å². The zero-order valence-corrected chi connectivity index (χ0v) is 4.65. The van der Waals surface area contributed by atoms with Crippen LogP contribution in [0, 0.1) is 6.92 Å². The van der Waals surface area contributed by atoms with Gasteiger partial charge < -0.3 is 5.11 Å². The van der Waals surface area contributed by atoms with Gasteiger partial charge in [-0.2, -0.15) is 0 Å². The quantitative estimate of drug-likeness (QED) is 0.515. The molecule has 1 heteroatoms. The van der Waals surface area contributed by atoms with Crippen molar-refractivity contribution in [2.75, 3.05) is 0 Å². The molecule has 0 aliphatic carbocycles. The van der Waals surface area contributed by atoms with Gasteiger partial charge in [0, 0.05) is 0 Å². The maximum absolute atomic E-state index is 8.95. The average Bonchev–Trinajstić information content (AvgIpc) is 1.68. The van der Waals surface area contributed by atoms with Gasteiger partial charge >= 0.3 is 0 Å². The van der Waals surface area contributed by atoms with Gasteiger partial charge in [-0.25, -0.2) is 0 Å². The normalized spacial score (nSPS) is 18.1. The van der Waals surface area contributed by atoms with Crippen molar-refractivity contribution in [1.82, 2.24) is 0 Å². The minimum absolute atomic E-state index is 0.483. The van der Waals surface area contributed by atoms with Crippen molar-refractivity contribution in [2.45, 2.75) is 18.9 Å². The molecule has 0 amide bonds. The molecule has 1 radical (unpaired) electrons. The van der Waals surface area contributed by atoms with E-state index in [9.17, 15) is 0 Å². The van der Waals surface area contributed by atoms with Crippen LogP contribution in [-0.4, -0.2) is 10.7 Å². The predicted molar refractivity (Wildman–Crippen MR) is 30.8 cm³/mol. The molecule has 0 aliphatic heterocycles. The number of aliphatic hydroxyl groups is 1. The van der Waals surface area contributed by atoms with Crippen LogP contribution in [0.3, 0.4) is 0 Å². The number of hydrogen-bond acceptors (Lipinski definition) is 1. The maximum Gasteiger partial charge on any atom is 0.0797 e. The lowest BCUT2D eigenvalue weighted by molar-refractivity contribution is 0.115. The van der Waals surface area contributed by atoms with E-state index < -0.39 is 5.60 Å². The second kappa shape index (κ2) is 2.12. The SMILES string of the molecule is [CH2]CC(C)(O)C=C. The Hall–Kier alpha value is -0.300. The van der Waals surface area contributed by atoms with Crippen LogP contribution < -0.4 is 0 Å². The molecular weight excluding hydrogens is 88.1 g/mol. The molecule has 1 atom stereocenters. The maximum atomic E-state index is 8.95. The first-order valence-electron chi connectivity index (χ1n) is 2.27. The van der Waals surface area contributed by atoms with Gasteiger partial charge in [-0.3, -0.25) is 0 Å². The highest BCUT2D eigenvalue weighted by Gasteiger charge is 2.09. The zero-order valence-electron chi connectivity index (χ0n) is 4.65. The Bertz CT molecular complexity index is 64.6. The molecular formula is C6H11O. The molecule has 0 rings (SSSR count). The van der Waals surface area contributed by atoms with Gasteiger partial charge in [-0.05, 0) is 13.3 Å². The van der Waals surface area contributed by atoms with Gasteiger partial charge in [0.1, 0.15) is 0 Å². The third kappa shape index (κ3) is 2.40. The van der Waals surface area contributed by atoms with E-state index in [2.05, 4.69) is 13.5 Å². The molecule has 0 aliphatic rings. The molecule has 0 aromatic heterocycles. The van der Waals surface area contributed by atoms with Gasteiger partial charge in [-0.15, -0.1) is 6.58 Å². The second-order valence-corrected chi connectivity index (χ2v) is 1.81. The zero-order chi connectivity index (χ0) is 5.91. The summed E-state index contributed by atoms with van der Waals surface area (Å²) in [7, 11) is 0. The standard InChI is InChI=1S/C6H11O/c1-4-6(3,7)5-2/h4,7H,1-2,5H2,3H3. The molecule has 0 saturated carbocycles. The number of rotatable bonds is 2. The average molecular weight is 99.2 g/mol. The molecule has 1 nitrogen and oxygen atoms in total. The van der Waals surface area contributed by atoms with Crippen molar-refractivity contribution in [3.8, 4) is 0 Å². The summed E-state index contributed by atoms with van der Waals surface area (Å²) in [4.78, 5) is 0. The Morgan fingerprint density at radius 2 is 2.29 bits per heavy atom. The Labute approximate surface area is 44.7 Å². The first kappa shape index (κ1) is 6.70. The van der Waals surface area contributed by atoms with E-state index in [4.69, 9.17) is 5.11 Å². The highest BCUT2D eigenvalue weighted by molar-refractivity contribution is 4.91. The summed E-state index contributed by atoms with van der Waals surface area (Å²) in [6.07, 6.45) is 1.97. The van der Waals surface area contributed by atoms with Gasteiger partial charge in [-0.1, -0.05) is 13.0 Å². The molecule has 0 spiro atoms. The van der Waals surface area contributed by atoms with E-state index in [-0.39, 0.29) is 0 Å². The summed E-state index contributed by atoms with van der Waals surface area (Å²) in [5, 5.41) is 8.95. The highest BCUT2D eigenvalue weighted by Crippen LogP contribution is 2.06. The monoisotopic (exact) mass is 99.1 g/mol. The predicted octanol–water partition coefficient (Wildman–Crippen LogP) is 1.15. The first-order chi connectivity index (χ1) is 3.12. The van der Waals surface area contributed by atoms with Crippen LogP contribution in [0.2, 0.25) is 0 Å². The third-order valence-corrected chi connectivity index (χ3v) is 0.946. The largest absolute Gasteiger partial charge is 0.386 e. The van der Waals surface area contributed by atoms with Crippen molar-refractivity contribution in [1.29, 1.82) is 0 Å². The van der Waals surface area contributed by atoms with E-state index in [0.29, 0.717) is 6.42 Å². The lowest BCUT2D eigenvalue weighted by Gasteiger charge is -2.13. The van der Waals surface area contributed by atoms with E-state index in [1.165, 1.54) is 6.08 Å². The Morgan fingerprint density at radius 1 is 1.86 bits per heavy atom. The molecule has 0 aromatic carbocycles. The Morgan fingerprint density at radius 3 is 2.29 bits per heavy atom. The molecule has 0 heterocycles. The minimum Gasteiger partial charge on any atom is -0.386 e. The van der Waals surface area contributed by atoms with Crippen LogP contribution in [-0.2, 0) is 0 Å². The van der Waals surface area contributed by atoms with Gasteiger partial charge in [0.25, 0.3) is 0 Å². The summed E-state index contributed by atoms with van der Waals surface area (Å²) in [6, 6.07) is 0. The molecule has 0 bridgehead atoms.